The standard InChI is InChI=1S/C9H8N6/c10-7-4-12-14-9(7)6-3-11-8-1-2-13-15(8)5-6/h1-5H,10H2,(H,12,14). The Hall–Kier alpha value is -2.37. The van der Waals surface area contributed by atoms with Crippen molar-refractivity contribution in [2.45, 2.75) is 0 Å². The molecule has 6 nitrogen and oxygen atoms in total. The number of nitrogens with two attached hydrogens (primary N) is 1. The second-order valence-corrected chi connectivity index (χ2v) is 3.18. The predicted octanol–water partition coefficient (Wildman–Crippen LogP) is 0.702. The predicted molar refractivity (Wildman–Crippen MR) is 55.0 cm³/mol. The Morgan fingerprint density at radius 1 is 1.33 bits per heavy atom. The maximum Gasteiger partial charge on any atom is 0.154 e. The molecule has 0 aliphatic carbocycles. The van der Waals surface area contributed by atoms with Crippen molar-refractivity contribution in [3.63, 3.8) is 0 Å². The van der Waals surface area contributed by atoms with Crippen molar-refractivity contribution >= 4 is 11.3 Å². The van der Waals surface area contributed by atoms with Crippen molar-refractivity contribution in [1.82, 2.24) is 24.8 Å². The molecule has 0 unspecified atom stereocenters. The molecule has 0 aliphatic rings. The lowest BCUT2D eigenvalue weighted by Gasteiger charge is -1.99. The number of H-pyrrole nitrogens is 1. The molecule has 0 saturated carbocycles. The summed E-state index contributed by atoms with van der Waals surface area (Å²) in [6.07, 6.45) is 6.86. The highest BCUT2D eigenvalue weighted by Gasteiger charge is 2.06. The maximum absolute atomic E-state index is 5.74. The summed E-state index contributed by atoms with van der Waals surface area (Å²) in [5.74, 6) is 0. The number of nitrogen functional groups attached to an aromatic ring is 1. The van der Waals surface area contributed by atoms with Crippen molar-refractivity contribution < 1.29 is 0 Å². The molecular weight excluding hydrogens is 192 g/mol. The third kappa shape index (κ3) is 1.15. The highest BCUT2D eigenvalue weighted by atomic mass is 15.2. The molecular formula is C9H8N6. The van der Waals surface area contributed by atoms with E-state index in [2.05, 4.69) is 20.3 Å². The van der Waals surface area contributed by atoms with Gasteiger partial charge in [-0.1, -0.05) is 0 Å². The van der Waals surface area contributed by atoms with Crippen molar-refractivity contribution in [2.24, 2.45) is 0 Å². The van der Waals surface area contributed by atoms with Gasteiger partial charge >= 0.3 is 0 Å². The zero-order chi connectivity index (χ0) is 10.3. The first-order valence-electron chi connectivity index (χ1n) is 4.43. The van der Waals surface area contributed by atoms with E-state index in [0.29, 0.717) is 5.69 Å². The first kappa shape index (κ1) is 7.98. The molecule has 0 amide bonds. The number of fused-ring (bicyclic) bond motifs is 1. The van der Waals surface area contributed by atoms with E-state index in [1.165, 1.54) is 0 Å². The maximum atomic E-state index is 5.74. The number of hydrogen-bond acceptors (Lipinski definition) is 4. The topological polar surface area (TPSA) is 84.9 Å². The summed E-state index contributed by atoms with van der Waals surface area (Å²) in [5.41, 5.74) is 8.77. The van der Waals surface area contributed by atoms with Crippen molar-refractivity contribution in [2.75, 3.05) is 5.73 Å². The number of nitrogens with one attached hydrogen (secondary N) is 1. The van der Waals surface area contributed by atoms with Crippen molar-refractivity contribution in [1.29, 1.82) is 0 Å². The van der Waals surface area contributed by atoms with E-state index in [1.54, 1.807) is 23.1 Å². The Kier molecular flexibility index (Phi) is 1.49. The molecule has 3 N–H and O–H groups in total. The lowest BCUT2D eigenvalue weighted by molar-refractivity contribution is 0.939. The summed E-state index contributed by atoms with van der Waals surface area (Å²) in [5, 5.41) is 10.8. The Balaban J connectivity index is 2.23. The molecule has 74 valence electrons. The van der Waals surface area contributed by atoms with Gasteiger partial charge in [0.1, 0.15) is 0 Å². The van der Waals surface area contributed by atoms with Gasteiger partial charge in [-0.3, -0.25) is 5.10 Å². The van der Waals surface area contributed by atoms with Gasteiger partial charge in [-0.15, -0.1) is 0 Å². The Morgan fingerprint density at radius 3 is 3.07 bits per heavy atom. The average molecular weight is 200 g/mol. The van der Waals surface area contributed by atoms with E-state index < -0.39 is 0 Å². The SMILES string of the molecule is Nc1cn[nH]c1-c1cnc2ccnn2c1. The van der Waals surface area contributed by atoms with Gasteiger partial charge in [0.2, 0.25) is 0 Å². The van der Waals surface area contributed by atoms with Crippen LogP contribution in [0.5, 0.6) is 0 Å². The van der Waals surface area contributed by atoms with Crippen LogP contribution in [0.4, 0.5) is 5.69 Å². The second kappa shape index (κ2) is 2.81. The Morgan fingerprint density at radius 2 is 2.27 bits per heavy atom. The molecule has 0 fully saturated rings. The van der Waals surface area contributed by atoms with Crippen LogP contribution in [-0.2, 0) is 0 Å². The smallest absolute Gasteiger partial charge is 0.154 e. The minimum absolute atomic E-state index is 0.600. The lowest BCUT2D eigenvalue weighted by Crippen LogP contribution is -1.93. The van der Waals surface area contributed by atoms with Gasteiger partial charge in [0.25, 0.3) is 0 Å². The van der Waals surface area contributed by atoms with Crippen LogP contribution < -0.4 is 5.73 Å². The van der Waals surface area contributed by atoms with Gasteiger partial charge in [-0.25, -0.2) is 9.50 Å². The molecule has 0 bridgehead atoms. The molecule has 15 heavy (non-hydrogen) atoms. The van der Waals surface area contributed by atoms with Crippen molar-refractivity contribution in [3.05, 3.63) is 30.9 Å². The molecule has 3 aromatic heterocycles. The normalized spacial score (nSPS) is 10.9. The molecule has 0 atom stereocenters. The summed E-state index contributed by atoms with van der Waals surface area (Å²) in [6, 6.07) is 1.83. The highest BCUT2D eigenvalue weighted by molar-refractivity contribution is 5.71. The van der Waals surface area contributed by atoms with Gasteiger partial charge < -0.3 is 5.73 Å². The van der Waals surface area contributed by atoms with Gasteiger partial charge in [0, 0.05) is 24.0 Å². The third-order valence-corrected chi connectivity index (χ3v) is 2.20. The highest BCUT2D eigenvalue weighted by Crippen LogP contribution is 2.21. The van der Waals surface area contributed by atoms with Crippen molar-refractivity contribution in [3.8, 4) is 11.3 Å². The quantitative estimate of drug-likeness (QED) is 0.605. The molecule has 3 heterocycles. The molecule has 3 rings (SSSR count). The van der Waals surface area contributed by atoms with E-state index >= 15 is 0 Å². The van der Waals surface area contributed by atoms with Gasteiger partial charge in [0.05, 0.1) is 23.8 Å². The Labute approximate surface area is 84.8 Å². The summed E-state index contributed by atoms with van der Waals surface area (Å²) >= 11 is 0. The van der Waals surface area contributed by atoms with Crippen LogP contribution in [0.2, 0.25) is 0 Å². The largest absolute Gasteiger partial charge is 0.396 e. The number of nitrogens with zero attached hydrogens (tertiary/aromatic N) is 4. The number of aromatic amines is 1. The van der Waals surface area contributed by atoms with E-state index in [9.17, 15) is 0 Å². The summed E-state index contributed by atoms with van der Waals surface area (Å²) in [6.45, 7) is 0. The monoisotopic (exact) mass is 200 g/mol. The third-order valence-electron chi connectivity index (χ3n) is 2.20. The number of rotatable bonds is 1. The number of anilines is 1. The van der Waals surface area contributed by atoms with E-state index in [0.717, 1.165) is 16.9 Å². The van der Waals surface area contributed by atoms with Gasteiger partial charge in [0.15, 0.2) is 5.65 Å². The molecule has 6 heteroatoms. The van der Waals surface area contributed by atoms with Crippen LogP contribution in [0.3, 0.4) is 0 Å². The number of hydrogen-bond donors (Lipinski definition) is 2. The van der Waals surface area contributed by atoms with E-state index in [-0.39, 0.29) is 0 Å². The lowest BCUT2D eigenvalue weighted by atomic mass is 10.2. The minimum Gasteiger partial charge on any atom is -0.396 e. The van der Waals surface area contributed by atoms with E-state index in [4.69, 9.17) is 5.73 Å². The van der Waals surface area contributed by atoms with Crippen LogP contribution >= 0.6 is 0 Å². The second-order valence-electron chi connectivity index (χ2n) is 3.18. The molecule has 0 saturated heterocycles. The average Bonchev–Trinajstić information content (AvgIpc) is 2.84. The molecule has 0 radical (unpaired) electrons. The fraction of sp³-hybridized carbons (Fsp3) is 0. The first-order valence-corrected chi connectivity index (χ1v) is 4.43. The minimum atomic E-state index is 0.600. The van der Waals surface area contributed by atoms with Crippen LogP contribution in [0.25, 0.3) is 16.9 Å². The molecule has 3 aromatic rings. The zero-order valence-electron chi connectivity index (χ0n) is 7.75. The molecule has 0 spiro atoms. The van der Waals surface area contributed by atoms with Crippen LogP contribution in [0, 0.1) is 0 Å². The van der Waals surface area contributed by atoms with Crippen LogP contribution in [0.15, 0.2) is 30.9 Å². The van der Waals surface area contributed by atoms with Gasteiger partial charge in [-0.2, -0.15) is 10.2 Å². The summed E-state index contributed by atoms with van der Waals surface area (Å²) < 4.78 is 1.69. The van der Waals surface area contributed by atoms with Crippen LogP contribution in [0.1, 0.15) is 0 Å². The van der Waals surface area contributed by atoms with Gasteiger partial charge in [-0.05, 0) is 0 Å². The summed E-state index contributed by atoms with van der Waals surface area (Å²) in [4.78, 5) is 4.24. The first-order chi connectivity index (χ1) is 7.34. The summed E-state index contributed by atoms with van der Waals surface area (Å²) in [7, 11) is 0. The fourth-order valence-corrected chi connectivity index (χ4v) is 1.47. The molecule has 0 aromatic carbocycles. The van der Waals surface area contributed by atoms with Crippen LogP contribution in [-0.4, -0.2) is 24.8 Å². The zero-order valence-corrected chi connectivity index (χ0v) is 7.75. The molecule has 0 aliphatic heterocycles. The number of aromatic nitrogens is 5. The Bertz CT molecular complexity index is 608. The van der Waals surface area contributed by atoms with E-state index in [1.807, 2.05) is 12.3 Å². The fourth-order valence-electron chi connectivity index (χ4n) is 1.47.